The lowest BCUT2D eigenvalue weighted by molar-refractivity contribution is -0.137. The highest BCUT2D eigenvalue weighted by atomic mass is 32.2. The van der Waals surface area contributed by atoms with Crippen LogP contribution in [0.2, 0.25) is 0 Å². The van der Waals surface area contributed by atoms with Crippen molar-refractivity contribution in [3.63, 3.8) is 0 Å². The molecule has 5 aromatic carbocycles. The number of oxime groups is 1. The molecule has 6 nitrogen and oxygen atoms in total. The van der Waals surface area contributed by atoms with E-state index in [9.17, 15) is 31.2 Å². The summed E-state index contributed by atoms with van der Waals surface area (Å²) in [4.78, 5) is 26.6. The summed E-state index contributed by atoms with van der Waals surface area (Å²) in [6.07, 6.45) is -4.65. The third-order valence-corrected chi connectivity index (χ3v) is 7.53. The van der Waals surface area contributed by atoms with Crippen molar-refractivity contribution in [2.75, 3.05) is 0 Å². The predicted octanol–water partition coefficient (Wildman–Crippen LogP) is 7.08. The lowest BCUT2D eigenvalue weighted by Gasteiger charge is -2.12. The molecule has 5 aromatic rings. The molecule has 0 amide bonds. The zero-order chi connectivity index (χ0) is 29.9. The molecule has 0 atom stereocenters. The standard InChI is InChI=1S/C32H20F3NO5S/c33-32(34,35)23-15-17-24(18-16-23)42(39,40)41-36-29(21-9-3-1-4-10-21)31(38)28-20-19-27(25-13-7-8-14-26(25)28)30(37)22-11-5-2-6-12-22/h1-20H/b36-29+. The maximum Gasteiger partial charge on any atom is 0.416 e. The molecule has 210 valence electrons. The number of ketones is 2. The Morgan fingerprint density at radius 3 is 1.69 bits per heavy atom. The van der Waals surface area contributed by atoms with Gasteiger partial charge in [0.15, 0.2) is 11.5 Å². The normalized spacial score (nSPS) is 12.2. The summed E-state index contributed by atoms with van der Waals surface area (Å²) in [5.41, 5.74) is -0.195. The molecule has 0 heterocycles. The average molecular weight is 588 g/mol. The maximum atomic E-state index is 13.9. The fourth-order valence-corrected chi connectivity index (χ4v) is 5.06. The molecule has 0 aliphatic carbocycles. The van der Waals surface area contributed by atoms with E-state index in [1.807, 2.05) is 0 Å². The van der Waals surface area contributed by atoms with Crippen LogP contribution in [0.15, 0.2) is 131 Å². The molecule has 0 spiro atoms. The Labute approximate surface area is 238 Å². The molecule has 42 heavy (non-hydrogen) atoms. The quantitative estimate of drug-likeness (QED) is 0.110. The molecule has 0 aromatic heterocycles. The molecular formula is C32H20F3NO5S. The lowest BCUT2D eigenvalue weighted by atomic mass is 9.91. The van der Waals surface area contributed by atoms with E-state index in [0.29, 0.717) is 34.0 Å². The van der Waals surface area contributed by atoms with Crippen molar-refractivity contribution in [3.8, 4) is 0 Å². The highest BCUT2D eigenvalue weighted by Gasteiger charge is 2.31. The summed E-state index contributed by atoms with van der Waals surface area (Å²) < 4.78 is 69.2. The van der Waals surface area contributed by atoms with Gasteiger partial charge in [-0.05, 0) is 47.2 Å². The molecule has 0 aliphatic rings. The first kappa shape index (κ1) is 28.4. The van der Waals surface area contributed by atoms with Gasteiger partial charge >= 0.3 is 16.3 Å². The number of Topliss-reactive ketones (excluding diaryl/α,β-unsaturated/α-hetero) is 1. The van der Waals surface area contributed by atoms with E-state index in [2.05, 4.69) is 5.16 Å². The molecule has 0 aliphatic heterocycles. The largest absolute Gasteiger partial charge is 0.416 e. The Bertz CT molecular complexity index is 1920. The molecule has 0 N–H and O–H groups in total. The first-order chi connectivity index (χ1) is 20.1. The SMILES string of the molecule is O=C(/C(=N/OS(=O)(=O)c1ccc(C(F)(F)F)cc1)c1ccccc1)c1ccc(C(=O)c2ccccc2)c2ccccc12. The second-order valence-corrected chi connectivity index (χ2v) is 10.6. The van der Waals surface area contributed by atoms with Gasteiger partial charge in [0.25, 0.3) is 0 Å². The molecule has 0 saturated carbocycles. The number of hydrogen-bond acceptors (Lipinski definition) is 6. The first-order valence-corrected chi connectivity index (χ1v) is 13.9. The number of fused-ring (bicyclic) bond motifs is 1. The molecule has 10 heteroatoms. The number of rotatable bonds is 8. The van der Waals surface area contributed by atoms with E-state index in [1.165, 1.54) is 24.3 Å². The van der Waals surface area contributed by atoms with Crippen LogP contribution >= 0.6 is 0 Å². The van der Waals surface area contributed by atoms with Crippen LogP contribution in [-0.4, -0.2) is 25.7 Å². The summed E-state index contributed by atoms with van der Waals surface area (Å²) in [6.45, 7) is 0. The van der Waals surface area contributed by atoms with Gasteiger partial charge in [0.1, 0.15) is 4.90 Å². The minimum Gasteiger partial charge on any atom is -0.289 e. The van der Waals surface area contributed by atoms with Crippen molar-refractivity contribution in [2.24, 2.45) is 5.16 Å². The molecule has 0 bridgehead atoms. The number of alkyl halides is 3. The monoisotopic (exact) mass is 587 g/mol. The zero-order valence-corrected chi connectivity index (χ0v) is 22.4. The molecule has 0 radical (unpaired) electrons. The van der Waals surface area contributed by atoms with E-state index in [1.54, 1.807) is 72.8 Å². The fraction of sp³-hybridized carbons (Fsp3) is 0.0312. The number of hydrogen-bond donors (Lipinski definition) is 0. The molecule has 0 fully saturated rings. The number of benzene rings is 5. The van der Waals surface area contributed by atoms with Gasteiger partial charge in [-0.3, -0.25) is 13.9 Å². The van der Waals surface area contributed by atoms with E-state index in [-0.39, 0.29) is 22.6 Å². The van der Waals surface area contributed by atoms with Crippen LogP contribution in [-0.2, 0) is 20.6 Å². The number of nitrogens with zero attached hydrogens (tertiary/aromatic N) is 1. The van der Waals surface area contributed by atoms with Gasteiger partial charge < -0.3 is 0 Å². The minimum absolute atomic E-state index is 0.133. The Morgan fingerprint density at radius 2 is 1.12 bits per heavy atom. The van der Waals surface area contributed by atoms with Gasteiger partial charge in [0.2, 0.25) is 5.78 Å². The van der Waals surface area contributed by atoms with Crippen LogP contribution in [0.3, 0.4) is 0 Å². The van der Waals surface area contributed by atoms with Gasteiger partial charge in [-0.1, -0.05) is 90.1 Å². The van der Waals surface area contributed by atoms with Crippen molar-refractivity contribution in [1.82, 2.24) is 0 Å². The molecule has 0 saturated heterocycles. The molecule has 5 rings (SSSR count). The van der Waals surface area contributed by atoms with Crippen molar-refractivity contribution in [3.05, 3.63) is 149 Å². The van der Waals surface area contributed by atoms with Crippen LogP contribution in [0.25, 0.3) is 10.8 Å². The Kier molecular flexibility index (Phi) is 7.73. The summed E-state index contributed by atoms with van der Waals surface area (Å²) >= 11 is 0. The first-order valence-electron chi connectivity index (χ1n) is 12.5. The fourth-order valence-electron chi connectivity index (χ4n) is 4.33. The maximum absolute atomic E-state index is 13.9. The second-order valence-electron chi connectivity index (χ2n) is 9.09. The second kappa shape index (κ2) is 11.4. The smallest absolute Gasteiger partial charge is 0.289 e. The Morgan fingerprint density at radius 1 is 0.619 bits per heavy atom. The highest BCUT2D eigenvalue weighted by molar-refractivity contribution is 7.86. The third kappa shape index (κ3) is 5.84. The van der Waals surface area contributed by atoms with Crippen molar-refractivity contribution < 1.29 is 35.5 Å². The summed E-state index contributed by atoms with van der Waals surface area (Å²) in [6, 6.07) is 29.1. The molecule has 0 unspecified atom stereocenters. The summed E-state index contributed by atoms with van der Waals surface area (Å²) in [7, 11) is -4.68. The van der Waals surface area contributed by atoms with Crippen LogP contribution in [0.4, 0.5) is 13.2 Å². The van der Waals surface area contributed by atoms with Gasteiger partial charge in [-0.2, -0.15) is 21.6 Å². The Hall–Kier alpha value is -5.09. The topological polar surface area (TPSA) is 89.9 Å². The third-order valence-electron chi connectivity index (χ3n) is 6.41. The highest BCUT2D eigenvalue weighted by Crippen LogP contribution is 2.30. The van der Waals surface area contributed by atoms with E-state index in [4.69, 9.17) is 4.28 Å². The van der Waals surface area contributed by atoms with Gasteiger partial charge in [-0.25, -0.2) is 0 Å². The minimum atomic E-state index is -4.68. The van der Waals surface area contributed by atoms with Gasteiger partial charge in [0.05, 0.1) is 5.56 Å². The van der Waals surface area contributed by atoms with Crippen LogP contribution in [0.1, 0.15) is 37.4 Å². The predicted molar refractivity (Wildman–Crippen MR) is 151 cm³/mol. The Balaban J connectivity index is 1.55. The average Bonchev–Trinajstić information content (AvgIpc) is 3.00. The lowest BCUT2D eigenvalue weighted by Crippen LogP contribution is -2.18. The van der Waals surface area contributed by atoms with Gasteiger partial charge in [-0.15, -0.1) is 0 Å². The number of carbonyl (C=O) groups excluding carboxylic acids is 2. The van der Waals surface area contributed by atoms with Crippen LogP contribution < -0.4 is 0 Å². The van der Waals surface area contributed by atoms with Crippen molar-refractivity contribution in [2.45, 2.75) is 11.1 Å². The van der Waals surface area contributed by atoms with Crippen LogP contribution in [0.5, 0.6) is 0 Å². The summed E-state index contributed by atoms with van der Waals surface area (Å²) in [5.74, 6) is -0.938. The number of halogens is 3. The number of carbonyl (C=O) groups is 2. The summed E-state index contributed by atoms with van der Waals surface area (Å²) in [5, 5.41) is 4.62. The van der Waals surface area contributed by atoms with Crippen LogP contribution in [0, 0.1) is 0 Å². The van der Waals surface area contributed by atoms with E-state index >= 15 is 0 Å². The zero-order valence-electron chi connectivity index (χ0n) is 21.6. The van der Waals surface area contributed by atoms with E-state index in [0.717, 1.165) is 12.1 Å². The van der Waals surface area contributed by atoms with E-state index < -0.39 is 32.5 Å². The van der Waals surface area contributed by atoms with Gasteiger partial charge in [0, 0.05) is 22.3 Å². The van der Waals surface area contributed by atoms with Crippen molar-refractivity contribution in [1.29, 1.82) is 0 Å². The molecular weight excluding hydrogens is 567 g/mol. The van der Waals surface area contributed by atoms with Crippen molar-refractivity contribution >= 4 is 38.2 Å².